The predicted molar refractivity (Wildman–Crippen MR) is 134 cm³/mol. The van der Waals surface area contributed by atoms with Crippen LogP contribution in [0, 0.1) is 0 Å². The number of aromatic nitrogens is 1. The maximum atomic E-state index is 13.1. The number of nitrogen functional groups attached to an aromatic ring is 1. The molecule has 0 spiro atoms. The highest BCUT2D eigenvalue weighted by Gasteiger charge is 2.34. The molecule has 2 amide bonds. The first-order valence-electron chi connectivity index (χ1n) is 11.0. The molecule has 0 aliphatic carbocycles. The summed E-state index contributed by atoms with van der Waals surface area (Å²) in [7, 11) is -4.79. The molecule has 0 aromatic carbocycles. The zero-order valence-corrected chi connectivity index (χ0v) is 22.3. The number of carbonyl (C=O) groups is 4. The molecule has 0 fully saturated rings. The zero-order chi connectivity index (χ0) is 29.3. The Kier molecular flexibility index (Phi) is 12.0. The van der Waals surface area contributed by atoms with Crippen LogP contribution in [0.5, 0.6) is 0 Å². The van der Waals surface area contributed by atoms with Crippen LogP contribution < -0.4 is 26.8 Å². The third-order valence-corrected chi connectivity index (χ3v) is 6.17. The Balaban J connectivity index is 3.13. The molecule has 0 bridgehead atoms. The number of rotatable bonds is 16. The molecule has 0 aliphatic rings. The van der Waals surface area contributed by atoms with Gasteiger partial charge in [0, 0.05) is 11.9 Å². The van der Waals surface area contributed by atoms with Crippen molar-refractivity contribution < 1.29 is 47.2 Å². The average molecular weight is 582 g/mol. The minimum absolute atomic E-state index is 0.0234. The number of carboxylic acid groups (broad SMARTS) is 2. The third-order valence-electron chi connectivity index (χ3n) is 4.82. The molecule has 0 radical (unpaired) electrons. The number of carboxylic acids is 2. The minimum atomic E-state index is -4.79. The van der Waals surface area contributed by atoms with Crippen LogP contribution in [0.25, 0.3) is 0 Å². The van der Waals surface area contributed by atoms with E-state index in [1.165, 1.54) is 26.2 Å². The Morgan fingerprint density at radius 3 is 2.37 bits per heavy atom. The molecule has 1 aromatic heterocycles. The van der Waals surface area contributed by atoms with E-state index in [1.54, 1.807) is 4.72 Å². The van der Waals surface area contributed by atoms with Gasteiger partial charge in [-0.2, -0.15) is 13.1 Å². The second-order valence-corrected chi connectivity index (χ2v) is 10.6. The summed E-state index contributed by atoms with van der Waals surface area (Å²) in [5.74, 6) is -4.54. The van der Waals surface area contributed by atoms with Crippen molar-refractivity contribution in [1.82, 2.24) is 20.3 Å². The number of hydrogen-bond acceptors (Lipinski definition) is 12. The van der Waals surface area contributed by atoms with Crippen LogP contribution in [-0.4, -0.2) is 87.9 Å². The predicted octanol–water partition coefficient (Wildman–Crippen LogP) is -1.73. The maximum Gasteiger partial charge on any atom is 0.350 e. The van der Waals surface area contributed by atoms with Gasteiger partial charge in [0.05, 0.1) is 6.04 Å². The van der Waals surface area contributed by atoms with E-state index in [4.69, 9.17) is 26.0 Å². The molecule has 3 atom stereocenters. The Labute approximate surface area is 221 Å². The number of aliphatic carboxylic acids is 2. The van der Waals surface area contributed by atoms with Crippen molar-refractivity contribution >= 4 is 56.2 Å². The lowest BCUT2D eigenvalue weighted by Crippen LogP contribution is -2.58. The number of carbonyl (C=O) groups excluding carboxylic acids is 2. The molecule has 0 saturated heterocycles. The van der Waals surface area contributed by atoms with Crippen molar-refractivity contribution in [3.05, 3.63) is 11.1 Å². The molecule has 38 heavy (non-hydrogen) atoms. The minimum Gasteiger partial charge on any atom is -0.480 e. The first-order chi connectivity index (χ1) is 17.4. The van der Waals surface area contributed by atoms with E-state index < -0.39 is 63.5 Å². The fourth-order valence-electron chi connectivity index (χ4n) is 2.66. The van der Waals surface area contributed by atoms with Crippen LogP contribution in [0.1, 0.15) is 45.7 Å². The van der Waals surface area contributed by atoms with Gasteiger partial charge >= 0.3 is 22.2 Å². The lowest BCUT2D eigenvalue weighted by Gasteiger charge is -2.24. The SMILES string of the molecule is C[C@H](NS(=O)(=O)O)[C@H](NC(=O)/C(=N\OC(C)(C)C(=O)O)c1csc(N)n1)C(=O)NCCCC[C@@H](N)C(=O)O. The molecule has 0 saturated carbocycles. The lowest BCUT2D eigenvalue weighted by atomic mass is 10.1. The number of nitrogens with two attached hydrogens (primary N) is 2. The number of oxime groups is 1. The molecule has 0 unspecified atom stereocenters. The monoisotopic (exact) mass is 581 g/mol. The van der Waals surface area contributed by atoms with Crippen LogP contribution in [-0.2, 0) is 34.3 Å². The second kappa shape index (κ2) is 14.0. The van der Waals surface area contributed by atoms with E-state index in [1.807, 2.05) is 0 Å². The van der Waals surface area contributed by atoms with E-state index in [2.05, 4.69) is 20.8 Å². The largest absolute Gasteiger partial charge is 0.480 e. The lowest BCUT2D eigenvalue weighted by molar-refractivity contribution is -0.161. The topological polar surface area (TPSA) is 286 Å². The van der Waals surface area contributed by atoms with Crippen LogP contribution in [0.4, 0.5) is 5.13 Å². The van der Waals surface area contributed by atoms with Crippen molar-refractivity contribution in [2.45, 2.75) is 63.8 Å². The Morgan fingerprint density at radius 1 is 1.24 bits per heavy atom. The standard InChI is InChI=1S/C19H31N7O10S2/c1-9(26-38(33,34)35)12(14(27)22-7-5-4-6-10(20)16(29)30)24-15(28)13(11-8-37-18(21)23-11)25-36-19(2,3)17(31)32/h8-10,12,26H,4-7,20H2,1-3H3,(H2,21,23)(H,22,27)(H,24,28)(H,29,30)(H,31,32)(H,33,34,35)/b25-13-/t9-,10+,12-/m0/s1. The summed E-state index contributed by atoms with van der Waals surface area (Å²) in [5.41, 5.74) is 8.49. The van der Waals surface area contributed by atoms with Crippen LogP contribution in [0.2, 0.25) is 0 Å². The number of nitrogens with one attached hydrogen (secondary N) is 3. The maximum absolute atomic E-state index is 13.1. The van der Waals surface area contributed by atoms with E-state index >= 15 is 0 Å². The summed E-state index contributed by atoms with van der Waals surface area (Å²) in [6.45, 7) is 3.55. The van der Waals surface area contributed by atoms with Gasteiger partial charge in [0.25, 0.3) is 5.91 Å². The zero-order valence-electron chi connectivity index (χ0n) is 20.7. The smallest absolute Gasteiger partial charge is 0.350 e. The van der Waals surface area contributed by atoms with Gasteiger partial charge in [-0.1, -0.05) is 5.16 Å². The fraction of sp³-hybridized carbons (Fsp3) is 0.579. The summed E-state index contributed by atoms with van der Waals surface area (Å²) in [6, 6.07) is -4.06. The van der Waals surface area contributed by atoms with Gasteiger partial charge in [0.2, 0.25) is 11.5 Å². The van der Waals surface area contributed by atoms with Crippen LogP contribution in [0.3, 0.4) is 0 Å². The number of hydrogen-bond donors (Lipinski definition) is 8. The highest BCUT2D eigenvalue weighted by Crippen LogP contribution is 2.15. The van der Waals surface area contributed by atoms with Crippen molar-refractivity contribution in [1.29, 1.82) is 0 Å². The fourth-order valence-corrected chi connectivity index (χ4v) is 3.82. The molecule has 17 nitrogen and oxygen atoms in total. The number of nitrogens with zero attached hydrogens (tertiary/aromatic N) is 2. The highest BCUT2D eigenvalue weighted by molar-refractivity contribution is 7.83. The van der Waals surface area contributed by atoms with Gasteiger partial charge in [0.15, 0.2) is 10.8 Å². The quantitative estimate of drug-likeness (QED) is 0.0467. The summed E-state index contributed by atoms with van der Waals surface area (Å²) in [6.07, 6.45) is 0.814. The summed E-state index contributed by atoms with van der Waals surface area (Å²) < 4.78 is 33.6. The van der Waals surface area contributed by atoms with Gasteiger partial charge in [-0.05, 0) is 40.0 Å². The molecule has 1 rings (SSSR count). The van der Waals surface area contributed by atoms with Gasteiger partial charge in [-0.25, -0.2) is 9.78 Å². The summed E-state index contributed by atoms with van der Waals surface area (Å²) >= 11 is 0.933. The van der Waals surface area contributed by atoms with Crippen molar-refractivity contribution in [3.8, 4) is 0 Å². The third kappa shape index (κ3) is 10.9. The summed E-state index contributed by atoms with van der Waals surface area (Å²) in [4.78, 5) is 57.0. The van der Waals surface area contributed by atoms with Crippen molar-refractivity contribution in [2.24, 2.45) is 10.9 Å². The van der Waals surface area contributed by atoms with Crippen LogP contribution in [0.15, 0.2) is 10.5 Å². The number of thiazole rings is 1. The molecular weight excluding hydrogens is 550 g/mol. The Hall–Kier alpha value is -3.39. The number of anilines is 1. The van der Waals surface area contributed by atoms with E-state index in [0.29, 0.717) is 12.8 Å². The number of amides is 2. The first-order valence-corrected chi connectivity index (χ1v) is 13.3. The van der Waals surface area contributed by atoms with Crippen molar-refractivity contribution in [2.75, 3.05) is 12.3 Å². The summed E-state index contributed by atoms with van der Waals surface area (Å²) in [5, 5.41) is 27.7. The highest BCUT2D eigenvalue weighted by atomic mass is 32.2. The Morgan fingerprint density at radius 2 is 1.87 bits per heavy atom. The normalized spacial score (nSPS) is 14.7. The molecular formula is C19H31N7O10S2. The second-order valence-electron chi connectivity index (χ2n) is 8.48. The molecule has 10 N–H and O–H groups in total. The van der Waals surface area contributed by atoms with Crippen molar-refractivity contribution in [3.63, 3.8) is 0 Å². The van der Waals surface area contributed by atoms with Crippen LogP contribution >= 0.6 is 11.3 Å². The first kappa shape index (κ1) is 32.6. The number of unbranched alkanes of at least 4 members (excludes halogenated alkanes) is 1. The van der Waals surface area contributed by atoms with E-state index in [9.17, 15) is 32.7 Å². The molecule has 214 valence electrons. The average Bonchev–Trinajstić information content (AvgIpc) is 3.21. The molecule has 1 aromatic rings. The van der Waals surface area contributed by atoms with E-state index in [0.717, 1.165) is 11.3 Å². The van der Waals surface area contributed by atoms with Gasteiger partial charge in [-0.15, -0.1) is 11.3 Å². The molecule has 19 heteroatoms. The Bertz CT molecular complexity index is 1150. The van der Waals surface area contributed by atoms with Gasteiger partial charge < -0.3 is 37.2 Å². The van der Waals surface area contributed by atoms with Gasteiger partial charge in [-0.3, -0.25) is 18.9 Å². The molecule has 0 aliphatic heterocycles. The van der Waals surface area contributed by atoms with E-state index in [-0.39, 0.29) is 23.8 Å². The molecule has 1 heterocycles. The van der Waals surface area contributed by atoms with Gasteiger partial charge in [0.1, 0.15) is 17.8 Å².